The van der Waals surface area contributed by atoms with Crippen LogP contribution in [0.5, 0.6) is 11.5 Å². The molecule has 0 fully saturated rings. The fraction of sp³-hybridized carbons (Fsp3) is 0.219. The number of carbonyl (C=O) groups is 1. The quantitative estimate of drug-likeness (QED) is 0.238. The van der Waals surface area contributed by atoms with Crippen molar-refractivity contribution in [2.75, 3.05) is 7.11 Å². The van der Waals surface area contributed by atoms with E-state index in [1.54, 1.807) is 38.5 Å². The van der Waals surface area contributed by atoms with Gasteiger partial charge >= 0.3 is 5.97 Å². The monoisotopic (exact) mass is 632 g/mol. The summed E-state index contributed by atoms with van der Waals surface area (Å²) >= 11 is 4.80. The van der Waals surface area contributed by atoms with Gasteiger partial charge in [0.1, 0.15) is 24.1 Å². The van der Waals surface area contributed by atoms with Crippen molar-refractivity contribution in [2.24, 2.45) is 4.99 Å². The van der Waals surface area contributed by atoms with Crippen molar-refractivity contribution in [1.29, 1.82) is 0 Å². The minimum atomic E-state index is -0.785. The van der Waals surface area contributed by atoms with Crippen molar-refractivity contribution < 1.29 is 19.0 Å². The predicted molar refractivity (Wildman–Crippen MR) is 163 cm³/mol. The van der Waals surface area contributed by atoms with E-state index in [1.165, 1.54) is 11.3 Å². The van der Waals surface area contributed by atoms with Crippen LogP contribution < -0.4 is 24.4 Å². The lowest BCUT2D eigenvalue weighted by Crippen LogP contribution is -2.40. The number of hydrogen-bond acceptors (Lipinski definition) is 7. The summed E-state index contributed by atoms with van der Waals surface area (Å²) < 4.78 is 20.1. The van der Waals surface area contributed by atoms with E-state index in [1.807, 2.05) is 72.8 Å². The molecule has 7 nitrogen and oxygen atoms in total. The van der Waals surface area contributed by atoms with Gasteiger partial charge in [-0.25, -0.2) is 9.79 Å². The molecule has 0 bridgehead atoms. The molecule has 2 heterocycles. The van der Waals surface area contributed by atoms with E-state index < -0.39 is 12.0 Å². The lowest BCUT2D eigenvalue weighted by atomic mass is 9.95. The molecule has 0 spiro atoms. The third-order valence-electron chi connectivity index (χ3n) is 6.47. The molecule has 0 aliphatic carbocycles. The molecular weight excluding hydrogens is 604 g/mol. The van der Waals surface area contributed by atoms with E-state index in [-0.39, 0.29) is 11.7 Å². The SMILES string of the molecule is COc1ccc(Br)cc1[C@@H]1C(C(=O)OC(C)C)=C(C)N=c2s/c(=C\c3cccc(OCc4ccccc4)c3)c(=O)n21. The first-order valence-electron chi connectivity index (χ1n) is 13.1. The number of allylic oxidation sites excluding steroid dienone is 1. The van der Waals surface area contributed by atoms with E-state index in [2.05, 4.69) is 20.9 Å². The lowest BCUT2D eigenvalue weighted by Gasteiger charge is -2.26. The number of benzene rings is 3. The summed E-state index contributed by atoms with van der Waals surface area (Å²) in [6.45, 7) is 5.78. The fourth-order valence-electron chi connectivity index (χ4n) is 4.66. The van der Waals surface area contributed by atoms with Crippen LogP contribution in [0.15, 0.2) is 98.3 Å². The molecule has 0 saturated carbocycles. The van der Waals surface area contributed by atoms with Gasteiger partial charge in [0.15, 0.2) is 4.80 Å². The third kappa shape index (κ3) is 6.21. The molecule has 3 aromatic carbocycles. The Bertz CT molecular complexity index is 1810. The van der Waals surface area contributed by atoms with E-state index in [4.69, 9.17) is 14.2 Å². The molecule has 1 atom stereocenters. The summed E-state index contributed by atoms with van der Waals surface area (Å²) in [6.07, 6.45) is 1.48. The van der Waals surface area contributed by atoms with Gasteiger partial charge < -0.3 is 14.2 Å². The van der Waals surface area contributed by atoms with Crippen LogP contribution in [0.4, 0.5) is 0 Å². The van der Waals surface area contributed by atoms with Crippen LogP contribution in [-0.4, -0.2) is 23.8 Å². The van der Waals surface area contributed by atoms with Gasteiger partial charge in [0.2, 0.25) is 0 Å². The number of esters is 1. The van der Waals surface area contributed by atoms with Crippen molar-refractivity contribution in [3.8, 4) is 11.5 Å². The zero-order chi connectivity index (χ0) is 29.1. The van der Waals surface area contributed by atoms with Gasteiger partial charge in [0.05, 0.1) is 29.0 Å². The summed E-state index contributed by atoms with van der Waals surface area (Å²) in [6, 6.07) is 22.2. The molecule has 0 radical (unpaired) electrons. The van der Waals surface area contributed by atoms with Crippen molar-refractivity contribution in [2.45, 2.75) is 39.5 Å². The average Bonchev–Trinajstić information content (AvgIpc) is 3.25. The second-order valence-electron chi connectivity index (χ2n) is 9.77. The maximum atomic E-state index is 14.0. The van der Waals surface area contributed by atoms with Crippen LogP contribution in [0, 0.1) is 0 Å². The van der Waals surface area contributed by atoms with E-state index in [9.17, 15) is 9.59 Å². The highest BCUT2D eigenvalue weighted by atomic mass is 79.9. The number of methoxy groups -OCH3 is 1. The fourth-order valence-corrected chi connectivity index (χ4v) is 6.09. The van der Waals surface area contributed by atoms with Gasteiger partial charge in [0, 0.05) is 10.0 Å². The summed E-state index contributed by atoms with van der Waals surface area (Å²) in [4.78, 5) is 32.5. The van der Waals surface area contributed by atoms with Crippen molar-refractivity contribution in [3.05, 3.63) is 125 Å². The first kappa shape index (κ1) is 28.6. The number of carbonyl (C=O) groups excluding carboxylic acids is 1. The average molecular weight is 634 g/mol. The van der Waals surface area contributed by atoms with E-state index in [0.717, 1.165) is 15.6 Å². The number of rotatable bonds is 8. The Hall–Kier alpha value is -3.95. The Kier molecular flexibility index (Phi) is 8.56. The van der Waals surface area contributed by atoms with Crippen molar-refractivity contribution >= 4 is 39.3 Å². The number of thiazole rings is 1. The normalized spacial score (nSPS) is 15.0. The van der Waals surface area contributed by atoms with Gasteiger partial charge in [-0.1, -0.05) is 69.7 Å². The number of fused-ring (bicyclic) bond motifs is 1. The molecular formula is C32H29BrN2O5S. The second-order valence-corrected chi connectivity index (χ2v) is 11.7. The minimum absolute atomic E-state index is 0.265. The zero-order valence-electron chi connectivity index (χ0n) is 23.1. The number of nitrogens with zero attached hydrogens (tertiary/aromatic N) is 2. The minimum Gasteiger partial charge on any atom is -0.496 e. The smallest absolute Gasteiger partial charge is 0.338 e. The topological polar surface area (TPSA) is 79.1 Å². The number of ether oxygens (including phenoxy) is 3. The molecule has 0 amide bonds. The maximum Gasteiger partial charge on any atom is 0.338 e. The standard InChI is InChI=1S/C32H29BrN2O5S/c1-19(2)40-31(37)28-20(3)34-32-35(29(28)25-17-23(33)13-14-26(25)38-4)30(36)27(41-32)16-22-11-8-12-24(15-22)39-18-21-9-6-5-7-10-21/h5-17,19,29H,18H2,1-4H3/b27-16-/t29-/m1/s1. The summed E-state index contributed by atoms with van der Waals surface area (Å²) in [5, 5.41) is 0. The van der Waals surface area contributed by atoms with Crippen LogP contribution in [0.2, 0.25) is 0 Å². The van der Waals surface area contributed by atoms with Gasteiger partial charge in [0.25, 0.3) is 5.56 Å². The maximum absolute atomic E-state index is 14.0. The summed E-state index contributed by atoms with van der Waals surface area (Å²) in [7, 11) is 1.56. The van der Waals surface area contributed by atoms with E-state index >= 15 is 0 Å². The Morgan fingerprint density at radius 3 is 2.61 bits per heavy atom. The molecule has 1 aliphatic heterocycles. The van der Waals surface area contributed by atoms with Crippen molar-refractivity contribution in [1.82, 2.24) is 4.57 Å². The van der Waals surface area contributed by atoms with Crippen LogP contribution >= 0.6 is 27.3 Å². The zero-order valence-corrected chi connectivity index (χ0v) is 25.5. The first-order valence-corrected chi connectivity index (χ1v) is 14.7. The highest BCUT2D eigenvalue weighted by Crippen LogP contribution is 2.37. The molecule has 4 aromatic rings. The molecule has 5 rings (SSSR count). The highest BCUT2D eigenvalue weighted by molar-refractivity contribution is 9.10. The Morgan fingerprint density at radius 2 is 1.88 bits per heavy atom. The third-order valence-corrected chi connectivity index (χ3v) is 7.95. The molecule has 41 heavy (non-hydrogen) atoms. The van der Waals surface area contributed by atoms with E-state index in [0.29, 0.717) is 44.3 Å². The number of hydrogen-bond donors (Lipinski definition) is 0. The Balaban J connectivity index is 1.60. The van der Waals surface area contributed by atoms with Crippen molar-refractivity contribution in [3.63, 3.8) is 0 Å². The second kappa shape index (κ2) is 12.3. The highest BCUT2D eigenvalue weighted by Gasteiger charge is 2.35. The van der Waals surface area contributed by atoms with Crippen LogP contribution in [-0.2, 0) is 16.1 Å². The van der Waals surface area contributed by atoms with Crippen LogP contribution in [0.25, 0.3) is 6.08 Å². The van der Waals surface area contributed by atoms with Crippen LogP contribution in [0.1, 0.15) is 43.5 Å². The van der Waals surface area contributed by atoms with Gasteiger partial charge in [-0.2, -0.15) is 0 Å². The number of aromatic nitrogens is 1. The summed E-state index contributed by atoms with van der Waals surface area (Å²) in [5.41, 5.74) is 3.05. The molecule has 210 valence electrons. The number of halogens is 1. The summed E-state index contributed by atoms with van der Waals surface area (Å²) in [5.74, 6) is 0.716. The largest absolute Gasteiger partial charge is 0.496 e. The molecule has 0 saturated heterocycles. The molecule has 0 unspecified atom stereocenters. The molecule has 9 heteroatoms. The molecule has 1 aliphatic rings. The molecule has 0 N–H and O–H groups in total. The van der Waals surface area contributed by atoms with Gasteiger partial charge in [-0.3, -0.25) is 9.36 Å². The Morgan fingerprint density at radius 1 is 1.10 bits per heavy atom. The first-order chi connectivity index (χ1) is 19.7. The predicted octanol–water partition coefficient (Wildman–Crippen LogP) is 5.54. The van der Waals surface area contributed by atoms with Crippen LogP contribution in [0.3, 0.4) is 0 Å². The lowest BCUT2D eigenvalue weighted by molar-refractivity contribution is -0.143. The Labute approximate surface area is 250 Å². The van der Waals surface area contributed by atoms with Gasteiger partial charge in [-0.15, -0.1) is 0 Å². The van der Waals surface area contributed by atoms with Gasteiger partial charge in [-0.05, 0) is 68.3 Å². The molecule has 1 aromatic heterocycles.